The van der Waals surface area contributed by atoms with Crippen molar-refractivity contribution in [2.45, 2.75) is 6.18 Å². The molecule has 0 bridgehead atoms. The van der Waals surface area contributed by atoms with E-state index in [-0.39, 0.29) is 67.2 Å². The first kappa shape index (κ1) is 29.0. The fraction of sp³-hybridized carbons (Fsp3) is 0.0286. The summed E-state index contributed by atoms with van der Waals surface area (Å²) in [7, 11) is 0. The van der Waals surface area contributed by atoms with Crippen molar-refractivity contribution >= 4 is 51.5 Å². The van der Waals surface area contributed by atoms with Gasteiger partial charge in [-0.3, -0.25) is 19.2 Å². The van der Waals surface area contributed by atoms with Crippen molar-refractivity contribution in [2.24, 2.45) is 0 Å². The topological polar surface area (TPSA) is 112 Å². The van der Waals surface area contributed by atoms with Crippen LogP contribution in [-0.2, 0) is 6.18 Å². The van der Waals surface area contributed by atoms with Crippen LogP contribution in [0.25, 0.3) is 15.6 Å². The highest BCUT2D eigenvalue weighted by Crippen LogP contribution is 2.45. The van der Waals surface area contributed by atoms with Crippen LogP contribution in [0.4, 0.5) is 30.2 Å². The van der Waals surface area contributed by atoms with Crippen LogP contribution in [-0.4, -0.2) is 23.6 Å². The molecule has 0 radical (unpaired) electrons. The summed E-state index contributed by atoms with van der Waals surface area (Å²) >= 11 is 0. The van der Waals surface area contributed by atoms with Gasteiger partial charge in [0.05, 0.1) is 40.6 Å². The zero-order chi connectivity index (χ0) is 33.2. The van der Waals surface area contributed by atoms with E-state index in [1.807, 2.05) is 6.07 Å². The second kappa shape index (κ2) is 10.4. The minimum Gasteiger partial charge on any atom is -0.456 e. The number of imide groups is 2. The maximum atomic E-state index is 14.2. The second-order valence-electron chi connectivity index (χ2n) is 10.5. The predicted octanol–water partition coefficient (Wildman–Crippen LogP) is 7.67. The zero-order valence-electron chi connectivity index (χ0n) is 23.6. The van der Waals surface area contributed by atoms with Crippen LogP contribution < -0.4 is 14.5 Å². The van der Waals surface area contributed by atoms with Crippen molar-refractivity contribution in [1.29, 1.82) is 5.26 Å². The van der Waals surface area contributed by atoms with E-state index in [2.05, 4.69) is 4.85 Å². The molecule has 0 saturated carbocycles. The van der Waals surface area contributed by atoms with E-state index in [1.54, 1.807) is 0 Å². The SMILES string of the molecule is [C-]#[N+]c1ccc(N2C(=O)c3ccc4c5c(cc(Oc6cccc(C(F)(F)F)c6)c(c35)C2=O)C(=O)N(c2ccc(C#N)cc2)C4=O)cc1. The molecule has 9 nitrogen and oxygen atoms in total. The molecular formula is C35H15F3N4O5. The van der Waals surface area contributed by atoms with Gasteiger partial charge in [-0.15, -0.1) is 0 Å². The van der Waals surface area contributed by atoms with Crippen LogP contribution in [0.3, 0.4) is 0 Å². The van der Waals surface area contributed by atoms with Gasteiger partial charge in [-0.1, -0.05) is 18.2 Å². The van der Waals surface area contributed by atoms with Crippen LogP contribution in [0.1, 0.15) is 52.6 Å². The molecule has 0 N–H and O–H groups in total. The number of hydrogen-bond acceptors (Lipinski definition) is 6. The first-order valence-electron chi connectivity index (χ1n) is 13.8. The summed E-state index contributed by atoms with van der Waals surface area (Å²) < 4.78 is 46.6. The van der Waals surface area contributed by atoms with E-state index in [0.717, 1.165) is 28.0 Å². The number of ether oxygens (including phenoxy) is 1. The number of benzene rings is 5. The fourth-order valence-corrected chi connectivity index (χ4v) is 5.71. The zero-order valence-corrected chi connectivity index (χ0v) is 23.6. The maximum absolute atomic E-state index is 14.2. The molecule has 47 heavy (non-hydrogen) atoms. The van der Waals surface area contributed by atoms with Gasteiger partial charge < -0.3 is 4.74 Å². The lowest BCUT2D eigenvalue weighted by molar-refractivity contribution is -0.137. The summed E-state index contributed by atoms with van der Waals surface area (Å²) in [5, 5.41) is 9.13. The largest absolute Gasteiger partial charge is 0.456 e. The molecule has 2 aliphatic heterocycles. The number of nitrogens with zero attached hydrogens (tertiary/aromatic N) is 4. The van der Waals surface area contributed by atoms with Crippen LogP contribution >= 0.6 is 0 Å². The normalized spacial score (nSPS) is 13.9. The van der Waals surface area contributed by atoms with E-state index in [9.17, 15) is 37.6 Å². The average Bonchev–Trinajstić information content (AvgIpc) is 3.07. The number of hydrogen-bond donors (Lipinski definition) is 0. The molecule has 226 valence electrons. The number of alkyl halides is 3. The Morgan fingerprint density at radius 3 is 1.87 bits per heavy atom. The minimum atomic E-state index is -4.71. The molecule has 5 aromatic rings. The Bertz CT molecular complexity index is 2320. The molecule has 2 aliphatic rings. The fourth-order valence-electron chi connectivity index (χ4n) is 5.71. The Morgan fingerprint density at radius 2 is 1.28 bits per heavy atom. The van der Waals surface area contributed by atoms with Crippen LogP contribution in [0.15, 0.2) is 91.0 Å². The average molecular weight is 629 g/mol. The summed E-state index contributed by atoms with van der Waals surface area (Å²) in [5.74, 6) is -3.94. The highest BCUT2D eigenvalue weighted by atomic mass is 19.4. The molecule has 0 aliphatic carbocycles. The summed E-state index contributed by atoms with van der Waals surface area (Å²) in [5.41, 5.74) is -0.698. The summed E-state index contributed by atoms with van der Waals surface area (Å²) in [6.45, 7) is 7.20. The van der Waals surface area contributed by atoms with Gasteiger partial charge in [0.2, 0.25) is 0 Å². The molecule has 0 aromatic heterocycles. The lowest BCUT2D eigenvalue weighted by Gasteiger charge is -2.33. The molecule has 7 rings (SSSR count). The van der Waals surface area contributed by atoms with Gasteiger partial charge >= 0.3 is 6.18 Å². The summed E-state index contributed by atoms with van der Waals surface area (Å²) in [6.07, 6.45) is -4.71. The van der Waals surface area contributed by atoms with Crippen molar-refractivity contribution in [1.82, 2.24) is 0 Å². The maximum Gasteiger partial charge on any atom is 0.416 e. The molecule has 12 heteroatoms. The van der Waals surface area contributed by atoms with Crippen molar-refractivity contribution in [3.8, 4) is 17.6 Å². The van der Waals surface area contributed by atoms with E-state index in [4.69, 9.17) is 11.3 Å². The Morgan fingerprint density at radius 1 is 0.702 bits per heavy atom. The Hall–Kier alpha value is -6.79. The molecule has 0 atom stereocenters. The number of nitriles is 1. The molecule has 0 saturated heterocycles. The number of halogens is 3. The van der Waals surface area contributed by atoms with E-state index in [1.165, 1.54) is 72.8 Å². The molecular weight excluding hydrogens is 613 g/mol. The number of amides is 4. The van der Waals surface area contributed by atoms with Gasteiger partial charge in [0.15, 0.2) is 5.69 Å². The lowest BCUT2D eigenvalue weighted by atomic mass is 9.85. The van der Waals surface area contributed by atoms with Crippen molar-refractivity contribution in [2.75, 3.05) is 9.80 Å². The van der Waals surface area contributed by atoms with E-state index < -0.39 is 35.4 Å². The predicted molar refractivity (Wildman–Crippen MR) is 162 cm³/mol. The Balaban J connectivity index is 1.47. The van der Waals surface area contributed by atoms with Crippen LogP contribution in [0.5, 0.6) is 11.5 Å². The number of rotatable bonds is 4. The van der Waals surface area contributed by atoms with Gasteiger partial charge in [-0.2, -0.15) is 18.4 Å². The molecule has 4 amide bonds. The van der Waals surface area contributed by atoms with Gasteiger partial charge in [0.1, 0.15) is 11.5 Å². The van der Waals surface area contributed by atoms with Crippen LogP contribution in [0.2, 0.25) is 0 Å². The Labute approximate surface area is 263 Å². The third-order valence-electron chi connectivity index (χ3n) is 7.84. The van der Waals surface area contributed by atoms with Gasteiger partial charge in [-0.05, 0) is 72.8 Å². The molecule has 0 unspecified atom stereocenters. The molecule has 5 aromatic carbocycles. The first-order chi connectivity index (χ1) is 22.5. The second-order valence-corrected chi connectivity index (χ2v) is 10.5. The Kier molecular flexibility index (Phi) is 6.40. The third-order valence-corrected chi connectivity index (χ3v) is 7.84. The van der Waals surface area contributed by atoms with Gasteiger partial charge in [0.25, 0.3) is 23.6 Å². The highest BCUT2D eigenvalue weighted by molar-refractivity contribution is 6.42. The lowest BCUT2D eigenvalue weighted by Crippen LogP contribution is -2.43. The quantitative estimate of drug-likeness (QED) is 0.149. The first-order valence-corrected chi connectivity index (χ1v) is 13.8. The third kappa shape index (κ3) is 4.47. The monoisotopic (exact) mass is 628 g/mol. The summed E-state index contributed by atoms with van der Waals surface area (Å²) in [4.78, 5) is 61.0. The van der Waals surface area contributed by atoms with E-state index in [0.29, 0.717) is 0 Å². The van der Waals surface area contributed by atoms with Gasteiger partial charge in [0, 0.05) is 27.6 Å². The van der Waals surface area contributed by atoms with Gasteiger partial charge in [-0.25, -0.2) is 14.6 Å². The van der Waals surface area contributed by atoms with E-state index >= 15 is 0 Å². The number of anilines is 2. The standard InChI is InChI=1S/C35H15F3N4O5/c1-40-20-7-11-22(12-8-20)42-32(44)25-14-13-24-28-26(33(45)41(31(24)43)21-9-5-18(17-39)6-10-21)16-27(30(29(25)28)34(42)46)47-23-4-2-3-19(15-23)35(36,37)38/h2-16H. The highest BCUT2D eigenvalue weighted by Gasteiger charge is 2.43. The van der Waals surface area contributed by atoms with Crippen molar-refractivity contribution in [3.05, 3.63) is 136 Å². The molecule has 0 fully saturated rings. The van der Waals surface area contributed by atoms with Crippen molar-refractivity contribution in [3.63, 3.8) is 0 Å². The van der Waals surface area contributed by atoms with Crippen LogP contribution in [0, 0.1) is 17.9 Å². The minimum absolute atomic E-state index is 0.00922. The molecule has 2 heterocycles. The van der Waals surface area contributed by atoms with Crippen molar-refractivity contribution < 1.29 is 37.1 Å². The summed E-state index contributed by atoms with van der Waals surface area (Å²) in [6, 6.07) is 21.0. The molecule has 0 spiro atoms. The number of carbonyl (C=O) groups is 4. The smallest absolute Gasteiger partial charge is 0.416 e. The number of carbonyl (C=O) groups excluding carboxylic acids is 4.